The third-order valence-electron chi connectivity index (χ3n) is 4.66. The molecule has 2 atom stereocenters. The second-order valence-electron chi connectivity index (χ2n) is 6.93. The first-order chi connectivity index (χ1) is 8.47. The molecule has 0 aromatic rings. The highest BCUT2D eigenvalue weighted by atomic mass is 16.1. The monoisotopic (exact) mass is 252 g/mol. The summed E-state index contributed by atoms with van der Waals surface area (Å²) in [5.74, 6) is 1.64. The van der Waals surface area contributed by atoms with Gasteiger partial charge in [-0.1, -0.05) is 26.7 Å². The van der Waals surface area contributed by atoms with Crippen LogP contribution in [0, 0.1) is 11.8 Å². The molecule has 18 heavy (non-hydrogen) atoms. The second kappa shape index (κ2) is 5.60. The van der Waals surface area contributed by atoms with Gasteiger partial charge in [-0.25, -0.2) is 0 Å². The van der Waals surface area contributed by atoms with E-state index < -0.39 is 0 Å². The predicted octanol–water partition coefficient (Wildman–Crippen LogP) is 2.59. The van der Waals surface area contributed by atoms with Gasteiger partial charge in [0, 0.05) is 18.0 Å². The summed E-state index contributed by atoms with van der Waals surface area (Å²) in [6.45, 7) is 4.58. The molecular weight excluding hydrogens is 224 g/mol. The van der Waals surface area contributed by atoms with Gasteiger partial charge in [0.1, 0.15) is 0 Å². The summed E-state index contributed by atoms with van der Waals surface area (Å²) < 4.78 is 0. The molecule has 2 aliphatic rings. The Morgan fingerprint density at radius 1 is 1.17 bits per heavy atom. The highest BCUT2D eigenvalue weighted by Crippen LogP contribution is 2.31. The molecule has 0 aromatic heterocycles. The predicted molar refractivity (Wildman–Crippen MR) is 74.1 cm³/mol. The van der Waals surface area contributed by atoms with E-state index in [-0.39, 0.29) is 11.4 Å². The van der Waals surface area contributed by atoms with E-state index in [9.17, 15) is 4.79 Å². The normalized spacial score (nSPS) is 35.4. The van der Waals surface area contributed by atoms with Crippen LogP contribution in [-0.2, 0) is 4.79 Å². The molecule has 0 aliphatic heterocycles. The Morgan fingerprint density at radius 3 is 2.28 bits per heavy atom. The first-order valence-electron chi connectivity index (χ1n) is 7.55. The molecule has 2 saturated carbocycles. The molecule has 0 saturated heterocycles. The Labute approximate surface area is 111 Å². The average Bonchev–Trinajstić information content (AvgIpc) is 2.62. The molecule has 0 spiro atoms. The minimum Gasteiger partial charge on any atom is -0.353 e. The van der Waals surface area contributed by atoms with Crippen molar-refractivity contribution in [2.75, 3.05) is 0 Å². The van der Waals surface area contributed by atoms with Crippen LogP contribution >= 0.6 is 0 Å². The fourth-order valence-electron chi connectivity index (χ4n) is 3.92. The van der Waals surface area contributed by atoms with Crippen molar-refractivity contribution >= 4 is 5.91 Å². The molecule has 0 heterocycles. The number of carbonyl (C=O) groups excluding carboxylic acids is 1. The molecular formula is C15H28N2O. The van der Waals surface area contributed by atoms with E-state index in [1.165, 1.54) is 19.3 Å². The summed E-state index contributed by atoms with van der Waals surface area (Å²) in [6, 6.07) is 0.376. The number of hydrogen-bond acceptors (Lipinski definition) is 2. The smallest absolute Gasteiger partial charge is 0.222 e. The zero-order chi connectivity index (χ0) is 13.2. The van der Waals surface area contributed by atoms with Gasteiger partial charge >= 0.3 is 0 Å². The van der Waals surface area contributed by atoms with Crippen LogP contribution in [0.15, 0.2) is 0 Å². The highest BCUT2D eigenvalue weighted by Gasteiger charge is 2.33. The van der Waals surface area contributed by atoms with Gasteiger partial charge in [-0.3, -0.25) is 4.79 Å². The largest absolute Gasteiger partial charge is 0.353 e. The lowest BCUT2D eigenvalue weighted by atomic mass is 9.80. The average molecular weight is 252 g/mol. The molecule has 0 aromatic carbocycles. The Hall–Kier alpha value is -0.570. The molecule has 2 aliphatic carbocycles. The number of hydrogen-bond donors (Lipinski definition) is 2. The van der Waals surface area contributed by atoms with Crippen molar-refractivity contribution in [1.29, 1.82) is 0 Å². The Balaban J connectivity index is 1.80. The van der Waals surface area contributed by atoms with Gasteiger partial charge < -0.3 is 11.1 Å². The SMILES string of the molecule is CC1CC(C)CC(NC(=O)CC2(N)CCCC2)C1. The van der Waals surface area contributed by atoms with E-state index in [4.69, 9.17) is 5.73 Å². The van der Waals surface area contributed by atoms with Gasteiger partial charge in [0.2, 0.25) is 5.91 Å². The molecule has 0 radical (unpaired) electrons. The first kappa shape index (κ1) is 13.9. The number of carbonyl (C=O) groups is 1. The quantitative estimate of drug-likeness (QED) is 0.811. The highest BCUT2D eigenvalue weighted by molar-refractivity contribution is 5.77. The van der Waals surface area contributed by atoms with Crippen LogP contribution in [0.5, 0.6) is 0 Å². The third-order valence-corrected chi connectivity index (χ3v) is 4.66. The zero-order valence-electron chi connectivity index (χ0n) is 11.9. The summed E-state index contributed by atoms with van der Waals surface area (Å²) in [5, 5.41) is 3.21. The van der Waals surface area contributed by atoms with Gasteiger partial charge in [0.15, 0.2) is 0 Å². The van der Waals surface area contributed by atoms with E-state index in [2.05, 4.69) is 19.2 Å². The van der Waals surface area contributed by atoms with Gasteiger partial charge in [-0.15, -0.1) is 0 Å². The van der Waals surface area contributed by atoms with E-state index in [1.54, 1.807) is 0 Å². The van der Waals surface area contributed by atoms with E-state index in [0.29, 0.717) is 12.5 Å². The van der Waals surface area contributed by atoms with Crippen molar-refractivity contribution in [3.05, 3.63) is 0 Å². The summed E-state index contributed by atoms with van der Waals surface area (Å²) in [7, 11) is 0. The maximum atomic E-state index is 12.1. The minimum absolute atomic E-state index is 0.172. The zero-order valence-corrected chi connectivity index (χ0v) is 11.9. The van der Waals surface area contributed by atoms with E-state index in [1.807, 2.05) is 0 Å². The molecule has 3 N–H and O–H groups in total. The van der Waals surface area contributed by atoms with Crippen LogP contribution < -0.4 is 11.1 Å². The van der Waals surface area contributed by atoms with Crippen molar-refractivity contribution < 1.29 is 4.79 Å². The molecule has 3 heteroatoms. The number of nitrogens with one attached hydrogen (secondary N) is 1. The Kier molecular flexibility index (Phi) is 4.31. The van der Waals surface area contributed by atoms with Crippen LogP contribution in [0.25, 0.3) is 0 Å². The number of rotatable bonds is 3. The fourth-order valence-corrected chi connectivity index (χ4v) is 3.92. The summed E-state index contributed by atoms with van der Waals surface area (Å²) in [4.78, 5) is 12.1. The van der Waals surface area contributed by atoms with E-state index in [0.717, 1.165) is 37.5 Å². The number of amides is 1. The van der Waals surface area contributed by atoms with Crippen molar-refractivity contribution in [3.8, 4) is 0 Å². The number of nitrogens with two attached hydrogens (primary N) is 1. The molecule has 1 amide bonds. The maximum absolute atomic E-state index is 12.1. The fraction of sp³-hybridized carbons (Fsp3) is 0.933. The van der Waals surface area contributed by atoms with Crippen LogP contribution in [0.3, 0.4) is 0 Å². The molecule has 2 rings (SSSR count). The van der Waals surface area contributed by atoms with Gasteiger partial charge in [0.05, 0.1) is 0 Å². The van der Waals surface area contributed by atoms with Gasteiger partial charge in [-0.2, -0.15) is 0 Å². The second-order valence-corrected chi connectivity index (χ2v) is 6.93. The van der Waals surface area contributed by atoms with Gasteiger partial charge in [0.25, 0.3) is 0 Å². The lowest BCUT2D eigenvalue weighted by Crippen LogP contribution is -2.46. The standard InChI is InChI=1S/C15H28N2O/c1-11-7-12(2)9-13(8-11)17-14(18)10-15(16)5-3-4-6-15/h11-13H,3-10,16H2,1-2H3,(H,17,18). The Morgan fingerprint density at radius 2 is 1.72 bits per heavy atom. The first-order valence-corrected chi connectivity index (χ1v) is 7.55. The molecule has 0 bridgehead atoms. The summed E-state index contributed by atoms with van der Waals surface area (Å²) in [6.07, 6.45) is 8.47. The van der Waals surface area contributed by atoms with Gasteiger partial charge in [-0.05, 0) is 43.9 Å². The Bertz CT molecular complexity index is 287. The van der Waals surface area contributed by atoms with Crippen LogP contribution in [0.4, 0.5) is 0 Å². The van der Waals surface area contributed by atoms with Crippen LogP contribution in [-0.4, -0.2) is 17.5 Å². The molecule has 2 fully saturated rings. The molecule has 3 nitrogen and oxygen atoms in total. The van der Waals surface area contributed by atoms with Crippen LogP contribution in [0.2, 0.25) is 0 Å². The summed E-state index contributed by atoms with van der Waals surface area (Å²) in [5.41, 5.74) is 6.05. The third kappa shape index (κ3) is 3.71. The van der Waals surface area contributed by atoms with Crippen molar-refractivity contribution in [3.63, 3.8) is 0 Å². The maximum Gasteiger partial charge on any atom is 0.222 e. The van der Waals surface area contributed by atoms with E-state index >= 15 is 0 Å². The summed E-state index contributed by atoms with van der Waals surface area (Å²) >= 11 is 0. The molecule has 2 unspecified atom stereocenters. The van der Waals surface area contributed by atoms with Crippen molar-refractivity contribution in [1.82, 2.24) is 5.32 Å². The molecule has 104 valence electrons. The van der Waals surface area contributed by atoms with Crippen LogP contribution in [0.1, 0.15) is 65.2 Å². The van der Waals surface area contributed by atoms with Crippen molar-refractivity contribution in [2.45, 2.75) is 76.8 Å². The van der Waals surface area contributed by atoms with Crippen molar-refractivity contribution in [2.24, 2.45) is 17.6 Å². The lowest BCUT2D eigenvalue weighted by molar-refractivity contribution is -0.123. The minimum atomic E-state index is -0.212. The lowest BCUT2D eigenvalue weighted by Gasteiger charge is -2.33. The topological polar surface area (TPSA) is 55.1 Å².